The molecule has 0 bridgehead atoms. The van der Waals surface area contributed by atoms with Gasteiger partial charge in [-0.1, -0.05) is 48.5 Å². The minimum absolute atomic E-state index is 0.215. The van der Waals surface area contributed by atoms with Gasteiger partial charge < -0.3 is 5.32 Å². The topological polar surface area (TPSA) is 41.1 Å². The molecule has 0 aliphatic heterocycles. The zero-order chi connectivity index (χ0) is 16.2. The summed E-state index contributed by atoms with van der Waals surface area (Å²) in [7, 11) is 0. The van der Waals surface area contributed by atoms with Crippen LogP contribution in [0, 0.1) is 3.57 Å². The van der Waals surface area contributed by atoms with Crippen molar-refractivity contribution >= 4 is 62.3 Å². The Hall–Kier alpha value is -1.99. The Bertz CT molecular complexity index is 890. The lowest BCUT2D eigenvalue weighted by Gasteiger charge is -2.12. The maximum absolute atomic E-state index is 12.3. The standard InChI is InChI=1S/C18H13IN2OS/c19-15-10-4-3-9-14(15)17(22)21-18(23)20-16-11-5-7-12-6-1-2-8-13(12)16/h1-11H,(H2,20,21,22,23). The molecule has 0 saturated heterocycles. The lowest BCUT2D eigenvalue weighted by molar-refractivity contribution is 0.0977. The van der Waals surface area contributed by atoms with E-state index in [0.29, 0.717) is 5.56 Å². The first kappa shape index (κ1) is 15.9. The first-order valence-corrected chi connectivity index (χ1v) is 8.48. The van der Waals surface area contributed by atoms with Gasteiger partial charge in [-0.25, -0.2) is 0 Å². The van der Waals surface area contributed by atoms with E-state index in [9.17, 15) is 4.79 Å². The second kappa shape index (κ2) is 7.06. The predicted octanol–water partition coefficient (Wildman–Crippen LogP) is 4.57. The molecule has 3 rings (SSSR count). The number of fused-ring (bicyclic) bond motifs is 1. The van der Waals surface area contributed by atoms with E-state index in [2.05, 4.69) is 33.2 Å². The molecule has 0 spiro atoms. The minimum atomic E-state index is -0.215. The number of carbonyl (C=O) groups excluding carboxylic acids is 1. The summed E-state index contributed by atoms with van der Waals surface area (Å²) < 4.78 is 0.885. The van der Waals surface area contributed by atoms with Crippen LogP contribution < -0.4 is 10.6 Å². The monoisotopic (exact) mass is 432 g/mol. The van der Waals surface area contributed by atoms with Crippen molar-refractivity contribution in [2.75, 3.05) is 5.32 Å². The molecule has 0 saturated carbocycles. The quantitative estimate of drug-likeness (QED) is 0.461. The van der Waals surface area contributed by atoms with Gasteiger partial charge in [0.25, 0.3) is 5.91 Å². The normalized spacial score (nSPS) is 10.3. The highest BCUT2D eigenvalue weighted by Crippen LogP contribution is 2.22. The van der Waals surface area contributed by atoms with Gasteiger partial charge in [0.1, 0.15) is 0 Å². The van der Waals surface area contributed by atoms with Crippen molar-refractivity contribution in [3.8, 4) is 0 Å². The van der Waals surface area contributed by atoms with Gasteiger partial charge in [-0.15, -0.1) is 0 Å². The van der Waals surface area contributed by atoms with Crippen LogP contribution in [0.15, 0.2) is 66.7 Å². The molecule has 3 aromatic carbocycles. The summed E-state index contributed by atoms with van der Waals surface area (Å²) >= 11 is 7.41. The number of halogens is 1. The van der Waals surface area contributed by atoms with Crippen LogP contribution in [0.3, 0.4) is 0 Å². The fourth-order valence-corrected chi connectivity index (χ4v) is 3.14. The van der Waals surface area contributed by atoms with Gasteiger partial charge in [-0.05, 0) is 58.4 Å². The predicted molar refractivity (Wildman–Crippen MR) is 107 cm³/mol. The molecule has 0 radical (unpaired) electrons. The number of anilines is 1. The van der Waals surface area contributed by atoms with Crippen LogP contribution in [-0.2, 0) is 0 Å². The maximum atomic E-state index is 12.3. The van der Waals surface area contributed by atoms with Crippen LogP contribution >= 0.6 is 34.8 Å². The van der Waals surface area contributed by atoms with Crippen molar-refractivity contribution in [2.45, 2.75) is 0 Å². The Morgan fingerprint density at radius 1 is 0.913 bits per heavy atom. The smallest absolute Gasteiger partial charge is 0.258 e. The third-order valence-corrected chi connectivity index (χ3v) is 4.53. The van der Waals surface area contributed by atoms with Crippen molar-refractivity contribution in [2.24, 2.45) is 0 Å². The van der Waals surface area contributed by atoms with E-state index in [0.717, 1.165) is 20.0 Å². The zero-order valence-electron chi connectivity index (χ0n) is 12.0. The lowest BCUT2D eigenvalue weighted by atomic mass is 10.1. The fraction of sp³-hybridized carbons (Fsp3) is 0. The lowest BCUT2D eigenvalue weighted by Crippen LogP contribution is -2.34. The number of benzene rings is 3. The second-order valence-corrected chi connectivity index (χ2v) is 6.49. The molecule has 3 nitrogen and oxygen atoms in total. The van der Waals surface area contributed by atoms with Crippen molar-refractivity contribution in [1.82, 2.24) is 5.32 Å². The highest BCUT2D eigenvalue weighted by atomic mass is 127. The Labute approximate surface area is 153 Å². The number of carbonyl (C=O) groups is 1. The summed E-state index contributed by atoms with van der Waals surface area (Å²) in [4.78, 5) is 12.3. The third kappa shape index (κ3) is 3.68. The Kier molecular flexibility index (Phi) is 4.88. The summed E-state index contributed by atoms with van der Waals surface area (Å²) in [5, 5.41) is 8.28. The molecule has 0 unspecified atom stereocenters. The molecule has 23 heavy (non-hydrogen) atoms. The molecule has 0 fully saturated rings. The number of thiocarbonyl (C=S) groups is 1. The van der Waals surface area contributed by atoms with Crippen molar-refractivity contribution in [3.63, 3.8) is 0 Å². The fourth-order valence-electron chi connectivity index (χ4n) is 2.30. The van der Waals surface area contributed by atoms with Gasteiger partial charge >= 0.3 is 0 Å². The molecule has 0 aliphatic rings. The summed E-state index contributed by atoms with van der Waals surface area (Å²) in [6, 6.07) is 21.3. The second-order valence-electron chi connectivity index (χ2n) is 4.91. The van der Waals surface area contributed by atoms with Crippen LogP contribution in [0.25, 0.3) is 10.8 Å². The maximum Gasteiger partial charge on any atom is 0.258 e. The van der Waals surface area contributed by atoms with Gasteiger partial charge in [0.2, 0.25) is 0 Å². The van der Waals surface area contributed by atoms with E-state index in [1.807, 2.05) is 60.7 Å². The van der Waals surface area contributed by atoms with E-state index in [4.69, 9.17) is 12.2 Å². The Morgan fingerprint density at radius 3 is 2.43 bits per heavy atom. The summed E-state index contributed by atoms with van der Waals surface area (Å²) in [5.74, 6) is -0.215. The highest BCUT2D eigenvalue weighted by Gasteiger charge is 2.11. The highest BCUT2D eigenvalue weighted by molar-refractivity contribution is 14.1. The molecule has 0 heterocycles. The molecule has 0 aliphatic carbocycles. The molecular weight excluding hydrogens is 419 g/mol. The van der Waals surface area contributed by atoms with Crippen molar-refractivity contribution in [1.29, 1.82) is 0 Å². The van der Waals surface area contributed by atoms with Gasteiger partial charge in [-0.2, -0.15) is 0 Å². The summed E-state index contributed by atoms with van der Waals surface area (Å²) in [6.07, 6.45) is 0. The van der Waals surface area contributed by atoms with Crippen LogP contribution in [0.4, 0.5) is 5.69 Å². The molecular formula is C18H13IN2OS. The Balaban J connectivity index is 1.77. The summed E-state index contributed by atoms with van der Waals surface area (Å²) in [6.45, 7) is 0. The minimum Gasteiger partial charge on any atom is -0.332 e. The number of rotatable bonds is 2. The SMILES string of the molecule is O=C(NC(=S)Nc1cccc2ccccc12)c1ccccc1I. The average molecular weight is 432 g/mol. The van der Waals surface area contributed by atoms with E-state index in [-0.39, 0.29) is 11.0 Å². The van der Waals surface area contributed by atoms with Crippen LogP contribution in [0.1, 0.15) is 10.4 Å². The van der Waals surface area contributed by atoms with E-state index in [1.165, 1.54) is 0 Å². The summed E-state index contributed by atoms with van der Waals surface area (Å²) in [5.41, 5.74) is 1.48. The number of nitrogens with one attached hydrogen (secondary N) is 2. The van der Waals surface area contributed by atoms with Crippen LogP contribution in [0.5, 0.6) is 0 Å². The first-order valence-electron chi connectivity index (χ1n) is 7.00. The average Bonchev–Trinajstić information content (AvgIpc) is 2.55. The van der Waals surface area contributed by atoms with E-state index < -0.39 is 0 Å². The van der Waals surface area contributed by atoms with Gasteiger partial charge in [-0.3, -0.25) is 10.1 Å². The molecule has 0 aromatic heterocycles. The van der Waals surface area contributed by atoms with Crippen LogP contribution in [-0.4, -0.2) is 11.0 Å². The first-order chi connectivity index (χ1) is 11.1. The molecule has 3 aromatic rings. The number of amides is 1. The van der Waals surface area contributed by atoms with Crippen LogP contribution in [0.2, 0.25) is 0 Å². The van der Waals surface area contributed by atoms with Gasteiger partial charge in [0.05, 0.1) is 5.56 Å². The number of hydrogen-bond donors (Lipinski definition) is 2. The largest absolute Gasteiger partial charge is 0.332 e. The third-order valence-electron chi connectivity index (χ3n) is 3.38. The zero-order valence-corrected chi connectivity index (χ0v) is 15.0. The van der Waals surface area contributed by atoms with Gasteiger partial charge in [0, 0.05) is 14.6 Å². The van der Waals surface area contributed by atoms with E-state index in [1.54, 1.807) is 6.07 Å². The number of hydrogen-bond acceptors (Lipinski definition) is 2. The van der Waals surface area contributed by atoms with Crippen molar-refractivity contribution in [3.05, 3.63) is 75.9 Å². The van der Waals surface area contributed by atoms with Crippen molar-refractivity contribution < 1.29 is 4.79 Å². The molecule has 1 amide bonds. The molecule has 2 N–H and O–H groups in total. The molecule has 114 valence electrons. The van der Waals surface area contributed by atoms with Gasteiger partial charge in [0.15, 0.2) is 5.11 Å². The van der Waals surface area contributed by atoms with E-state index >= 15 is 0 Å². The Morgan fingerprint density at radius 2 is 1.61 bits per heavy atom. The molecule has 5 heteroatoms. The molecule has 0 atom stereocenters.